The van der Waals surface area contributed by atoms with Gasteiger partial charge in [0.2, 0.25) is 0 Å². The number of hydrogen-bond donors (Lipinski definition) is 4. The molecule has 2 heterocycles. The molecule has 250 valence electrons. The molecule has 0 spiro atoms. The molecule has 0 aromatic heterocycles. The average Bonchev–Trinajstić information content (AvgIpc) is 3.58. The monoisotopic (exact) mass is 607 g/mol. The Morgan fingerprint density at radius 3 is 2.07 bits per heavy atom. The summed E-state index contributed by atoms with van der Waals surface area (Å²) in [6.45, 7) is 3.70. The van der Waals surface area contributed by atoms with Crippen LogP contribution in [0.2, 0.25) is 0 Å². The molecule has 6 aliphatic rings. The smallest absolute Gasteiger partial charge is 0.00792 e. The molecule has 4 aliphatic carbocycles. The highest BCUT2D eigenvalue weighted by Crippen LogP contribution is 2.47. The van der Waals surface area contributed by atoms with Crippen molar-refractivity contribution >= 4 is 0 Å². The van der Waals surface area contributed by atoms with Gasteiger partial charge in [0, 0.05) is 12.1 Å². The standard InChI is InChI=1S/C40H70N4/c41-27-38(4-2-5-39-24-26-44-39)36-17-15-34(16-18-36)32-9-7-30(8-10-32)31-11-13-33(14-12-31)35-19-21-37(22-20-35)40(42)6-1-3-29-23-25-43-28-29/h13,27,29-32,34-37,39-40,43-44H,1-12,14-26,28,41-42H2/b38-27+/t29?,30?,31-,32?,34?,35?,36?,37?,39-,40?/m0/s1. The number of hydrogen-bond acceptors (Lipinski definition) is 4. The van der Waals surface area contributed by atoms with Crippen LogP contribution in [0, 0.1) is 47.3 Å². The summed E-state index contributed by atoms with van der Waals surface area (Å²) in [5.74, 6) is 7.35. The van der Waals surface area contributed by atoms with Gasteiger partial charge in [-0.15, -0.1) is 0 Å². The minimum Gasteiger partial charge on any atom is -0.405 e. The van der Waals surface area contributed by atoms with Crippen LogP contribution in [0.15, 0.2) is 23.4 Å². The van der Waals surface area contributed by atoms with E-state index in [1.165, 1.54) is 167 Å². The molecule has 6 rings (SSSR count). The molecule has 4 heteroatoms. The van der Waals surface area contributed by atoms with E-state index < -0.39 is 0 Å². The first-order valence-corrected chi connectivity index (χ1v) is 20.0. The van der Waals surface area contributed by atoms with Crippen molar-refractivity contribution in [1.29, 1.82) is 0 Å². The van der Waals surface area contributed by atoms with Crippen LogP contribution < -0.4 is 22.1 Å². The van der Waals surface area contributed by atoms with Gasteiger partial charge in [-0.05, 0) is 214 Å². The third-order valence-electron chi connectivity index (χ3n) is 14.3. The van der Waals surface area contributed by atoms with Crippen molar-refractivity contribution in [1.82, 2.24) is 10.6 Å². The maximum absolute atomic E-state index is 6.73. The predicted molar refractivity (Wildman–Crippen MR) is 187 cm³/mol. The second-order valence-electron chi connectivity index (χ2n) is 16.7. The molecule has 2 saturated heterocycles. The number of rotatable bonds is 13. The third kappa shape index (κ3) is 8.94. The highest BCUT2D eigenvalue weighted by molar-refractivity contribution is 5.12. The molecule has 6 N–H and O–H groups in total. The molecule has 4 nitrogen and oxygen atoms in total. The Hall–Kier alpha value is -0.840. The summed E-state index contributed by atoms with van der Waals surface area (Å²) in [4.78, 5) is 0. The fourth-order valence-corrected chi connectivity index (χ4v) is 11.1. The molecule has 0 aromatic rings. The number of allylic oxidation sites excluding steroid dienone is 3. The van der Waals surface area contributed by atoms with E-state index >= 15 is 0 Å². The lowest BCUT2D eigenvalue weighted by atomic mass is 9.64. The summed E-state index contributed by atoms with van der Waals surface area (Å²) in [6, 6.07) is 1.24. The number of nitrogens with one attached hydrogen (secondary N) is 2. The Labute approximate surface area is 271 Å². The van der Waals surface area contributed by atoms with E-state index in [1.807, 2.05) is 11.8 Å². The predicted octanol–water partition coefficient (Wildman–Crippen LogP) is 8.61. The Balaban J connectivity index is 0.847. The second kappa shape index (κ2) is 16.8. The first-order valence-electron chi connectivity index (χ1n) is 20.0. The molecule has 0 radical (unpaired) electrons. The fourth-order valence-electron chi connectivity index (χ4n) is 11.1. The fraction of sp³-hybridized carbons (Fsp3) is 0.900. The lowest BCUT2D eigenvalue weighted by Gasteiger charge is -2.41. The second-order valence-corrected chi connectivity index (χ2v) is 16.7. The highest BCUT2D eigenvalue weighted by Gasteiger charge is 2.35. The van der Waals surface area contributed by atoms with Gasteiger partial charge in [0.25, 0.3) is 0 Å². The van der Waals surface area contributed by atoms with E-state index in [1.54, 1.807) is 5.57 Å². The van der Waals surface area contributed by atoms with Crippen molar-refractivity contribution in [2.24, 2.45) is 58.8 Å². The maximum Gasteiger partial charge on any atom is 0.00792 e. The van der Waals surface area contributed by atoms with Gasteiger partial charge in [-0.2, -0.15) is 0 Å². The highest BCUT2D eigenvalue weighted by atomic mass is 15.0. The molecule has 0 bridgehead atoms. The molecule has 5 fully saturated rings. The molecular formula is C40H70N4. The van der Waals surface area contributed by atoms with Crippen LogP contribution in [0.5, 0.6) is 0 Å². The minimum absolute atomic E-state index is 0.449. The van der Waals surface area contributed by atoms with Crippen LogP contribution >= 0.6 is 0 Å². The van der Waals surface area contributed by atoms with Gasteiger partial charge in [0.15, 0.2) is 0 Å². The summed E-state index contributed by atoms with van der Waals surface area (Å²) in [6.07, 6.45) is 37.0. The van der Waals surface area contributed by atoms with Crippen molar-refractivity contribution in [2.75, 3.05) is 19.6 Å². The Morgan fingerprint density at radius 2 is 1.48 bits per heavy atom. The molecular weight excluding hydrogens is 536 g/mol. The Bertz CT molecular complexity index is 892. The molecule has 4 atom stereocenters. The van der Waals surface area contributed by atoms with Crippen molar-refractivity contribution in [3.63, 3.8) is 0 Å². The summed E-state index contributed by atoms with van der Waals surface area (Å²) >= 11 is 0. The van der Waals surface area contributed by atoms with Gasteiger partial charge in [-0.25, -0.2) is 0 Å². The lowest BCUT2D eigenvalue weighted by molar-refractivity contribution is 0.125. The quantitative estimate of drug-likeness (QED) is 0.158. The largest absolute Gasteiger partial charge is 0.405 e. The van der Waals surface area contributed by atoms with Gasteiger partial charge in [-0.1, -0.05) is 23.6 Å². The first-order chi connectivity index (χ1) is 21.7. The third-order valence-corrected chi connectivity index (χ3v) is 14.3. The van der Waals surface area contributed by atoms with Gasteiger partial charge in [-0.3, -0.25) is 0 Å². The van der Waals surface area contributed by atoms with Gasteiger partial charge < -0.3 is 22.1 Å². The van der Waals surface area contributed by atoms with Crippen LogP contribution in [0.25, 0.3) is 0 Å². The topological polar surface area (TPSA) is 76.1 Å². The molecule has 44 heavy (non-hydrogen) atoms. The molecule has 2 aliphatic heterocycles. The molecule has 0 amide bonds. The average molecular weight is 607 g/mol. The van der Waals surface area contributed by atoms with E-state index in [4.69, 9.17) is 11.5 Å². The zero-order chi connectivity index (χ0) is 30.1. The van der Waals surface area contributed by atoms with Crippen LogP contribution in [-0.2, 0) is 0 Å². The summed E-state index contributed by atoms with van der Waals surface area (Å²) in [5.41, 5.74) is 16.3. The summed E-state index contributed by atoms with van der Waals surface area (Å²) in [5, 5.41) is 7.07. The van der Waals surface area contributed by atoms with E-state index in [0.29, 0.717) is 6.04 Å². The lowest BCUT2D eigenvalue weighted by Crippen LogP contribution is -2.42. The van der Waals surface area contributed by atoms with Crippen molar-refractivity contribution in [3.8, 4) is 0 Å². The van der Waals surface area contributed by atoms with Crippen molar-refractivity contribution in [3.05, 3.63) is 23.4 Å². The zero-order valence-corrected chi connectivity index (χ0v) is 28.5. The maximum atomic E-state index is 6.73. The van der Waals surface area contributed by atoms with Crippen molar-refractivity contribution in [2.45, 2.75) is 160 Å². The zero-order valence-electron chi connectivity index (χ0n) is 28.5. The van der Waals surface area contributed by atoms with Crippen LogP contribution in [0.3, 0.4) is 0 Å². The Kier molecular flexibility index (Phi) is 12.6. The van der Waals surface area contributed by atoms with E-state index in [9.17, 15) is 0 Å². The number of nitrogens with two attached hydrogens (primary N) is 2. The molecule has 3 saturated carbocycles. The van der Waals surface area contributed by atoms with Gasteiger partial charge in [0.05, 0.1) is 0 Å². The summed E-state index contributed by atoms with van der Waals surface area (Å²) < 4.78 is 0. The first kappa shape index (κ1) is 33.1. The normalized spacial score (nSPS) is 39.4. The van der Waals surface area contributed by atoms with Crippen LogP contribution in [-0.4, -0.2) is 31.7 Å². The summed E-state index contributed by atoms with van der Waals surface area (Å²) in [7, 11) is 0. The molecule has 0 aromatic carbocycles. The van der Waals surface area contributed by atoms with Crippen LogP contribution in [0.1, 0.15) is 148 Å². The van der Waals surface area contributed by atoms with E-state index in [0.717, 1.165) is 53.4 Å². The minimum atomic E-state index is 0.449. The van der Waals surface area contributed by atoms with E-state index in [-0.39, 0.29) is 0 Å². The SMILES string of the molecule is N/C=C(\CCC[C@H]1CCN1)C1CCC(C2CCC([C@H]3CC=C(C4CCC(C(N)CCCC5CCNC5)CC4)CC3)CC2)CC1. The van der Waals surface area contributed by atoms with Gasteiger partial charge >= 0.3 is 0 Å². The van der Waals surface area contributed by atoms with E-state index in [2.05, 4.69) is 16.7 Å². The van der Waals surface area contributed by atoms with Crippen LogP contribution in [0.4, 0.5) is 0 Å². The van der Waals surface area contributed by atoms with Gasteiger partial charge in [0.1, 0.15) is 0 Å². The Morgan fingerprint density at radius 1 is 0.773 bits per heavy atom. The van der Waals surface area contributed by atoms with Crippen molar-refractivity contribution < 1.29 is 0 Å². The molecule has 2 unspecified atom stereocenters.